The molecule has 0 unspecified atom stereocenters. The Balaban J connectivity index is 2.59. The molecule has 0 aromatic carbocycles. The number of amides is 2. The first kappa shape index (κ1) is 11.0. The van der Waals surface area contributed by atoms with E-state index in [1.54, 1.807) is 0 Å². The van der Waals surface area contributed by atoms with Crippen LogP contribution in [0, 0.1) is 6.33 Å². The Bertz CT molecular complexity index is 448. The predicted molar refractivity (Wildman–Crippen MR) is 50.4 cm³/mol. The lowest BCUT2D eigenvalue weighted by molar-refractivity contribution is 0.242. The van der Waals surface area contributed by atoms with Crippen LogP contribution in [0.2, 0.25) is 0 Å². The van der Waals surface area contributed by atoms with Crippen molar-refractivity contribution in [3.8, 4) is 0 Å². The summed E-state index contributed by atoms with van der Waals surface area (Å²) in [7, 11) is 1.47. The molecule has 81 valence electrons. The highest BCUT2D eigenvalue weighted by atomic mass is 16.2. The summed E-state index contributed by atoms with van der Waals surface area (Å²) in [6.45, 7) is 0.316. The number of carbonyl (C=O) groups excluding carboxylic acids is 1. The number of hydrogen-bond donors (Lipinski definition) is 3. The van der Waals surface area contributed by atoms with Crippen LogP contribution in [-0.2, 0) is 6.54 Å². The highest BCUT2D eigenvalue weighted by molar-refractivity contribution is 5.73. The van der Waals surface area contributed by atoms with E-state index in [0.717, 1.165) is 4.68 Å². The Labute approximate surface area is 84.3 Å². The summed E-state index contributed by atoms with van der Waals surface area (Å²) >= 11 is 0. The van der Waals surface area contributed by atoms with Crippen molar-refractivity contribution in [3.63, 3.8) is 0 Å². The molecule has 0 aliphatic heterocycles. The van der Waals surface area contributed by atoms with Gasteiger partial charge in [-0.15, -0.1) is 5.10 Å². The Morgan fingerprint density at radius 3 is 3.00 bits per heavy atom. The zero-order valence-electron chi connectivity index (χ0n) is 8.03. The normalized spacial score (nSPS) is 9.67. The molecule has 1 radical (unpaired) electrons. The van der Waals surface area contributed by atoms with Gasteiger partial charge in [-0.1, -0.05) is 0 Å². The molecule has 0 fully saturated rings. The Kier molecular flexibility index (Phi) is 3.61. The quantitative estimate of drug-likeness (QED) is 0.488. The van der Waals surface area contributed by atoms with E-state index in [-0.39, 0.29) is 19.1 Å². The van der Waals surface area contributed by atoms with E-state index in [1.165, 1.54) is 7.05 Å². The smallest absolute Gasteiger partial charge is 0.332 e. The second kappa shape index (κ2) is 4.94. The van der Waals surface area contributed by atoms with Gasteiger partial charge in [-0.2, -0.15) is 0 Å². The fraction of sp³-hybridized carbons (Fsp3) is 0.429. The fourth-order valence-corrected chi connectivity index (χ4v) is 0.867. The highest BCUT2D eigenvalue weighted by Gasteiger charge is 2.01. The van der Waals surface area contributed by atoms with Crippen LogP contribution in [0.4, 0.5) is 4.79 Å². The molecule has 1 aromatic rings. The molecule has 0 bridgehead atoms. The van der Waals surface area contributed by atoms with Gasteiger partial charge in [0, 0.05) is 13.6 Å². The SMILES string of the molecule is CNC(=O)NCCn1n[c][nH]c(=O)c1=O. The third-order valence-electron chi connectivity index (χ3n) is 1.61. The van der Waals surface area contributed by atoms with Crippen LogP contribution in [0.1, 0.15) is 0 Å². The minimum Gasteiger partial charge on any atom is -0.341 e. The maximum Gasteiger partial charge on any atom is 0.332 e. The summed E-state index contributed by atoms with van der Waals surface area (Å²) in [4.78, 5) is 34.7. The average Bonchev–Trinajstić information content (AvgIpc) is 2.24. The van der Waals surface area contributed by atoms with E-state index in [4.69, 9.17) is 0 Å². The monoisotopic (exact) mass is 212 g/mol. The van der Waals surface area contributed by atoms with E-state index in [9.17, 15) is 14.4 Å². The third kappa shape index (κ3) is 2.93. The number of urea groups is 1. The molecular weight excluding hydrogens is 202 g/mol. The second-order valence-corrected chi connectivity index (χ2v) is 2.60. The van der Waals surface area contributed by atoms with Gasteiger partial charge >= 0.3 is 17.1 Å². The molecule has 8 heteroatoms. The summed E-state index contributed by atoms with van der Waals surface area (Å²) in [6, 6.07) is -0.364. The number of rotatable bonds is 3. The highest BCUT2D eigenvalue weighted by Crippen LogP contribution is 1.69. The summed E-state index contributed by atoms with van der Waals surface area (Å²) in [5.41, 5.74) is -1.56. The van der Waals surface area contributed by atoms with Crippen molar-refractivity contribution in [1.29, 1.82) is 0 Å². The molecule has 2 amide bonds. The van der Waals surface area contributed by atoms with Crippen LogP contribution < -0.4 is 21.8 Å². The van der Waals surface area contributed by atoms with Crippen LogP contribution >= 0.6 is 0 Å². The summed E-state index contributed by atoms with van der Waals surface area (Å²) in [6.07, 6.45) is 2.17. The van der Waals surface area contributed by atoms with Gasteiger partial charge in [-0.25, -0.2) is 9.48 Å². The number of nitrogens with zero attached hydrogens (tertiary/aromatic N) is 2. The van der Waals surface area contributed by atoms with Crippen molar-refractivity contribution in [2.75, 3.05) is 13.6 Å². The molecule has 0 aliphatic carbocycles. The first-order valence-corrected chi connectivity index (χ1v) is 4.18. The number of aromatic nitrogens is 3. The summed E-state index contributed by atoms with van der Waals surface area (Å²) in [5, 5.41) is 8.31. The topological polar surface area (TPSA) is 109 Å². The molecule has 0 aliphatic rings. The van der Waals surface area contributed by atoms with Gasteiger partial charge in [0.15, 0.2) is 6.33 Å². The number of aromatic amines is 1. The lowest BCUT2D eigenvalue weighted by Crippen LogP contribution is -2.41. The predicted octanol–water partition coefficient (Wildman–Crippen LogP) is -2.34. The number of hydrogen-bond acceptors (Lipinski definition) is 4. The maximum atomic E-state index is 11.1. The Hall–Kier alpha value is -2.12. The third-order valence-corrected chi connectivity index (χ3v) is 1.61. The van der Waals surface area contributed by atoms with Gasteiger partial charge in [0.2, 0.25) is 0 Å². The number of carbonyl (C=O) groups is 1. The van der Waals surface area contributed by atoms with E-state index in [0.29, 0.717) is 0 Å². The molecule has 1 aromatic heterocycles. The summed E-state index contributed by atoms with van der Waals surface area (Å²) < 4.78 is 0.925. The molecule has 8 nitrogen and oxygen atoms in total. The minimum atomic E-state index is -0.787. The van der Waals surface area contributed by atoms with Crippen molar-refractivity contribution in [2.24, 2.45) is 0 Å². The van der Waals surface area contributed by atoms with Crippen molar-refractivity contribution < 1.29 is 4.79 Å². The fourth-order valence-electron chi connectivity index (χ4n) is 0.867. The van der Waals surface area contributed by atoms with Gasteiger partial charge in [-0.05, 0) is 0 Å². The molecule has 0 atom stereocenters. The minimum absolute atomic E-state index is 0.118. The van der Waals surface area contributed by atoms with E-state index in [1.807, 2.05) is 4.98 Å². The Morgan fingerprint density at radius 1 is 1.60 bits per heavy atom. The van der Waals surface area contributed by atoms with E-state index >= 15 is 0 Å². The zero-order valence-corrected chi connectivity index (χ0v) is 8.03. The van der Waals surface area contributed by atoms with E-state index < -0.39 is 11.1 Å². The molecule has 0 saturated heterocycles. The van der Waals surface area contributed by atoms with Gasteiger partial charge in [-0.3, -0.25) is 14.6 Å². The van der Waals surface area contributed by atoms with Crippen molar-refractivity contribution in [3.05, 3.63) is 27.0 Å². The van der Waals surface area contributed by atoms with Gasteiger partial charge in [0.25, 0.3) is 0 Å². The number of H-pyrrole nitrogens is 1. The maximum absolute atomic E-state index is 11.1. The van der Waals surface area contributed by atoms with Crippen molar-refractivity contribution in [2.45, 2.75) is 6.54 Å². The largest absolute Gasteiger partial charge is 0.341 e. The van der Waals surface area contributed by atoms with Crippen LogP contribution in [-0.4, -0.2) is 34.4 Å². The van der Waals surface area contributed by atoms with Crippen molar-refractivity contribution >= 4 is 6.03 Å². The zero-order chi connectivity index (χ0) is 11.3. The van der Waals surface area contributed by atoms with Crippen LogP contribution in [0.15, 0.2) is 9.59 Å². The van der Waals surface area contributed by atoms with E-state index in [2.05, 4.69) is 22.1 Å². The molecular formula is C7H10N5O3. The van der Waals surface area contributed by atoms with Crippen LogP contribution in [0.5, 0.6) is 0 Å². The van der Waals surface area contributed by atoms with Crippen LogP contribution in [0.25, 0.3) is 0 Å². The summed E-state index contributed by atoms with van der Waals surface area (Å²) in [5.74, 6) is 0. The lowest BCUT2D eigenvalue weighted by Gasteiger charge is -2.04. The molecule has 15 heavy (non-hydrogen) atoms. The Morgan fingerprint density at radius 2 is 2.33 bits per heavy atom. The first-order valence-electron chi connectivity index (χ1n) is 4.18. The van der Waals surface area contributed by atoms with Gasteiger partial charge in [0.05, 0.1) is 6.54 Å². The van der Waals surface area contributed by atoms with Gasteiger partial charge < -0.3 is 10.6 Å². The van der Waals surface area contributed by atoms with Gasteiger partial charge in [0.1, 0.15) is 0 Å². The standard InChI is InChI=1S/C7H10N5O3/c1-8-7(15)9-2-3-12-6(14)5(13)10-4-11-12/h2-3H2,1H3,(H2,8,9,15)(H,10,11,13). The number of nitrogens with one attached hydrogen (secondary N) is 3. The molecule has 3 N–H and O–H groups in total. The molecule has 0 spiro atoms. The molecule has 1 rings (SSSR count). The van der Waals surface area contributed by atoms with Crippen molar-refractivity contribution in [1.82, 2.24) is 25.4 Å². The lowest BCUT2D eigenvalue weighted by atomic mass is 10.6. The molecule has 0 saturated carbocycles. The molecule has 1 heterocycles. The first-order chi connectivity index (χ1) is 7.15. The van der Waals surface area contributed by atoms with Crippen LogP contribution in [0.3, 0.4) is 0 Å². The average molecular weight is 212 g/mol. The second-order valence-electron chi connectivity index (χ2n) is 2.60.